The third-order valence-corrected chi connectivity index (χ3v) is 26.8. The number of hydrogen-bond donors (Lipinski definition) is 1. The lowest BCUT2D eigenvalue weighted by molar-refractivity contribution is -0.0327. The van der Waals surface area contributed by atoms with Crippen LogP contribution in [0, 0.1) is 13.8 Å². The summed E-state index contributed by atoms with van der Waals surface area (Å²) in [6.07, 6.45) is 4.37. The van der Waals surface area contributed by atoms with E-state index >= 15 is 0 Å². The normalized spacial score (nSPS) is 20.2. The molecular weight excluding hydrogens is 1740 g/mol. The first-order chi connectivity index (χ1) is 67.9. The molecule has 0 saturated heterocycles. The van der Waals surface area contributed by atoms with Gasteiger partial charge in [-0.1, -0.05) is 284 Å². The Hall–Kier alpha value is -16.0. The second kappa shape index (κ2) is 39.5. The van der Waals surface area contributed by atoms with Gasteiger partial charge >= 0.3 is 0 Å². The first-order valence-electron chi connectivity index (χ1n) is 46.5. The summed E-state index contributed by atoms with van der Waals surface area (Å²) in [6, 6.07) is 128. The van der Waals surface area contributed by atoms with Crippen molar-refractivity contribution in [3.63, 3.8) is 0 Å². The van der Waals surface area contributed by atoms with E-state index in [4.69, 9.17) is 79.4 Å². The number of hydrogen-bond acceptors (Lipinski definition) is 20. The highest BCUT2D eigenvalue weighted by molar-refractivity contribution is 6.31. The van der Waals surface area contributed by atoms with E-state index in [9.17, 15) is 0 Å². The van der Waals surface area contributed by atoms with E-state index in [1.807, 2.05) is 199 Å². The summed E-state index contributed by atoms with van der Waals surface area (Å²) in [5.41, 5.74) is 28.2. The van der Waals surface area contributed by atoms with Crippen molar-refractivity contribution in [3.05, 3.63) is 482 Å². The highest BCUT2D eigenvalue weighted by atomic mass is 35.5. The minimum atomic E-state index is -0.402. The van der Waals surface area contributed by atoms with E-state index in [0.29, 0.717) is 16.5 Å². The summed E-state index contributed by atoms with van der Waals surface area (Å²) in [5, 5.41) is 31.1. The zero-order valence-electron chi connectivity index (χ0n) is 77.5. The first kappa shape index (κ1) is 88.6. The van der Waals surface area contributed by atoms with Crippen LogP contribution in [0.4, 0.5) is 0 Å². The van der Waals surface area contributed by atoms with Gasteiger partial charge < -0.3 is 52.8 Å². The van der Waals surface area contributed by atoms with E-state index in [0.717, 1.165) is 150 Å². The quantitative estimate of drug-likeness (QED) is 0.103. The summed E-state index contributed by atoms with van der Waals surface area (Å²) in [6.45, 7) is 4.24. The zero-order valence-corrected chi connectivity index (χ0v) is 78.2. The molecule has 0 bridgehead atoms. The van der Waals surface area contributed by atoms with Gasteiger partial charge in [-0.2, -0.15) is 25.4 Å². The Morgan fingerprint density at radius 3 is 1.11 bits per heavy atom. The predicted molar refractivity (Wildman–Crippen MR) is 539 cm³/mol. The molecule has 688 valence electrons. The minimum Gasteiger partial charge on any atom is -0.497 e. The molecular formula is C117H103ClN10O10. The van der Waals surface area contributed by atoms with E-state index in [2.05, 4.69) is 227 Å². The molecule has 10 unspecified atom stereocenters. The van der Waals surface area contributed by atoms with Crippen LogP contribution in [0.3, 0.4) is 0 Å². The fraction of sp³-hybridized carbons (Fsp3) is 0.179. The Morgan fingerprint density at radius 2 is 0.638 bits per heavy atom. The number of halogens is 1. The number of benzene rings is 15. The molecule has 0 fully saturated rings. The maximum atomic E-state index is 6.52. The molecule has 10 atom stereocenters. The van der Waals surface area contributed by atoms with Crippen molar-refractivity contribution in [2.75, 3.05) is 35.5 Å². The molecule has 15 aromatic rings. The Labute approximate surface area is 809 Å². The van der Waals surface area contributed by atoms with Crippen LogP contribution in [0.15, 0.2) is 403 Å². The van der Waals surface area contributed by atoms with Crippen LogP contribution in [0.5, 0.6) is 57.5 Å². The minimum absolute atomic E-state index is 0.0298. The molecule has 10 heterocycles. The van der Waals surface area contributed by atoms with Gasteiger partial charge in [0.05, 0.1) is 94.3 Å². The molecule has 25 rings (SSSR count). The average molecular weight is 1840 g/mol. The first-order valence-corrected chi connectivity index (χ1v) is 46.9. The number of ether oxygens (including phenoxy) is 10. The summed E-state index contributed by atoms with van der Waals surface area (Å²) in [7, 11) is 8.31. The number of nitrogens with zero attached hydrogens (tertiary/aromatic N) is 9. The van der Waals surface area contributed by atoms with Gasteiger partial charge in [-0.05, 0) is 157 Å². The lowest BCUT2D eigenvalue weighted by atomic mass is 9.95. The van der Waals surface area contributed by atoms with Gasteiger partial charge in [-0.15, -0.1) is 0 Å². The van der Waals surface area contributed by atoms with Crippen LogP contribution < -0.4 is 52.8 Å². The maximum absolute atomic E-state index is 6.52. The predicted octanol–water partition coefficient (Wildman–Crippen LogP) is 25.7. The average Bonchev–Trinajstić information content (AvgIpc) is 1.50. The molecule has 0 amide bonds. The van der Waals surface area contributed by atoms with Gasteiger partial charge in [0.15, 0.2) is 17.7 Å². The van der Waals surface area contributed by atoms with Gasteiger partial charge in [-0.3, -0.25) is 0 Å². The Bertz CT molecular complexity index is 7060. The van der Waals surface area contributed by atoms with Crippen molar-refractivity contribution in [2.45, 2.75) is 101 Å². The molecule has 0 aliphatic carbocycles. The summed E-state index contributed by atoms with van der Waals surface area (Å²) < 4.78 is 58.8. The molecule has 138 heavy (non-hydrogen) atoms. The molecule has 0 aromatic heterocycles. The number of para-hydroxylation sites is 3. The molecule has 1 N–H and O–H groups in total. The van der Waals surface area contributed by atoms with Gasteiger partial charge in [0, 0.05) is 91.9 Å². The van der Waals surface area contributed by atoms with E-state index < -0.39 is 6.23 Å². The molecule has 20 nitrogen and oxygen atoms in total. The maximum Gasteiger partial charge on any atom is 0.215 e. The third kappa shape index (κ3) is 18.0. The Balaban J connectivity index is 0.000000103. The highest BCUT2D eigenvalue weighted by Gasteiger charge is 2.47. The number of fused-ring (bicyclic) bond motifs is 15. The van der Waals surface area contributed by atoms with Crippen LogP contribution in [-0.4, -0.2) is 83.4 Å². The molecule has 0 radical (unpaired) electrons. The number of hydrazine groups is 1. The van der Waals surface area contributed by atoms with Crippen LogP contribution in [0.1, 0.15) is 182 Å². The second-order valence-corrected chi connectivity index (χ2v) is 35.4. The van der Waals surface area contributed by atoms with Crippen LogP contribution in [0.2, 0.25) is 5.02 Å². The number of hydrazone groups is 4. The molecule has 10 aliphatic heterocycles. The van der Waals surface area contributed by atoms with Crippen LogP contribution in [-0.2, 0) is 0 Å². The number of nitrogens with one attached hydrogen (secondary N) is 1. The number of methoxy groups -OCH3 is 5. The Morgan fingerprint density at radius 1 is 0.275 bits per heavy atom. The van der Waals surface area contributed by atoms with Crippen molar-refractivity contribution in [1.29, 1.82) is 0 Å². The number of rotatable bonds is 15. The lowest BCUT2D eigenvalue weighted by Gasteiger charge is -2.39. The van der Waals surface area contributed by atoms with Gasteiger partial charge in [0.1, 0.15) is 46.0 Å². The second-order valence-electron chi connectivity index (χ2n) is 35.0. The number of aryl methyl sites for hydroxylation is 2. The molecule has 15 aromatic carbocycles. The largest absolute Gasteiger partial charge is 0.497 e. The van der Waals surface area contributed by atoms with Crippen molar-refractivity contribution in [3.8, 4) is 57.5 Å². The summed E-state index contributed by atoms with van der Waals surface area (Å²) >= 11 is 6.52. The summed E-state index contributed by atoms with van der Waals surface area (Å²) in [4.78, 5) is 0. The molecule has 0 saturated carbocycles. The SMILES string of the molecule is COc1ccc(C2=NN3C(C2)c2cc(OC)ccc2OC3c2ccccc2Cl)cc1.COc1ccc(C2=NN3C(C2)c2ccccc2OC3c2ccccc2)cc1.COc1ccc(C2=NN3C(C2)c2ccccc2OC3c2ccccc2)cc1OC.Cc1cccc(C2Oc3ccc(C)cc3C3C=C(c4ccccc4)NN32)c1.c1ccc(C2=NN3C(C2)c2ccccc2OC3c2ccccc2)cc1. The fourth-order valence-corrected chi connectivity index (χ4v) is 19.8. The molecule has 21 heteroatoms. The van der Waals surface area contributed by atoms with Gasteiger partial charge in [-0.25, -0.2) is 20.0 Å². The fourth-order valence-electron chi connectivity index (χ4n) is 19.5. The monoisotopic (exact) mass is 1840 g/mol. The van der Waals surface area contributed by atoms with Crippen molar-refractivity contribution in [1.82, 2.24) is 30.5 Å². The van der Waals surface area contributed by atoms with Crippen LogP contribution in [0.25, 0.3) is 5.70 Å². The van der Waals surface area contributed by atoms with Crippen molar-refractivity contribution >= 4 is 40.1 Å². The highest BCUT2D eigenvalue weighted by Crippen LogP contribution is 2.55. The van der Waals surface area contributed by atoms with E-state index in [-0.39, 0.29) is 55.1 Å². The molecule has 10 aliphatic rings. The van der Waals surface area contributed by atoms with Gasteiger partial charge in [0.2, 0.25) is 24.9 Å². The van der Waals surface area contributed by atoms with Gasteiger partial charge in [0.25, 0.3) is 0 Å². The van der Waals surface area contributed by atoms with E-state index in [1.165, 1.54) is 44.5 Å². The van der Waals surface area contributed by atoms with E-state index in [1.54, 1.807) is 35.5 Å². The Kier molecular flexibility index (Phi) is 25.3. The van der Waals surface area contributed by atoms with Crippen LogP contribution >= 0.6 is 11.6 Å². The van der Waals surface area contributed by atoms with Crippen molar-refractivity contribution < 1.29 is 47.4 Å². The smallest absolute Gasteiger partial charge is 0.215 e. The molecule has 0 spiro atoms. The summed E-state index contributed by atoms with van der Waals surface area (Å²) in [5.74, 6) is 8.50. The third-order valence-electron chi connectivity index (χ3n) is 26.5. The standard InChI is InChI=1S/C24H21ClN2O3.C24H22N2O3.C24H22N2O.C23H20N2O2.C22H18N2O/c1-28-16-9-7-15(8-10-16)21-14-22-19-13-17(29-2)11-12-23(19)30-24(27(22)26-21)18-5-3-4-6-20(18)25;1-27-22-13-12-17(14-23(22)28-2)19-15-20-18-10-6-7-11-21(18)29-24(26(20)25-19)16-8-4-3-5-9-16;1-16-7-6-10-19(13-16)24-26-22(20-14-17(2)11-12-23(20)27-24)15-21(25-26)18-8-4-3-5-9-18;1-26-18-13-11-16(12-14-18)20-15-21-19-9-5-6-10-22(19)27-23(25(21)24-20)17-7-3-2-4-8-17;1-3-9-16(10-4-1)19-15-20-18-13-7-8-14-21(18)25-22(24(20)23-19)17-11-5-2-6-12-17/h3-13,22,24H,14H2,1-2H3;3-14,20,24H,15H2,1-2H3;3-15,22,24-25H,1-2H3;2-14,21,23H,15H2,1H3;1-14,20,22H,15H2. The zero-order chi connectivity index (χ0) is 93.7. The van der Waals surface area contributed by atoms with Crippen molar-refractivity contribution in [2.24, 2.45) is 20.4 Å². The lowest BCUT2D eigenvalue weighted by Crippen LogP contribution is -2.43. The topological polar surface area (TPSA) is 170 Å².